The highest BCUT2D eigenvalue weighted by atomic mass is 16.3. The van der Waals surface area contributed by atoms with Crippen LogP contribution in [0.5, 0.6) is 0 Å². The largest absolute Gasteiger partial charge is 0.376 e. The fraction of sp³-hybridized carbons (Fsp3) is 0.667. The molecule has 2 aliphatic heterocycles. The third-order valence-electron chi connectivity index (χ3n) is 4.00. The molecule has 2 fully saturated rings. The Kier molecular flexibility index (Phi) is 3.42. The third kappa shape index (κ3) is 1.74. The van der Waals surface area contributed by atoms with Gasteiger partial charge in [-0.2, -0.15) is 5.01 Å². The Morgan fingerprint density at radius 2 is 1.36 bits per heavy atom. The SMILES string of the molecule is CC1(C)C(=O)N(N2C(=O)N(CO)C(=O)C2(C)C)C(=O)N1CO. The molecule has 0 aliphatic carbocycles. The number of hydrazine groups is 1. The molecule has 0 saturated carbocycles. The number of carbonyl (C=O) groups excluding carboxylic acids is 4. The summed E-state index contributed by atoms with van der Waals surface area (Å²) in [4.78, 5) is 50.7. The van der Waals surface area contributed by atoms with Gasteiger partial charge in [0.2, 0.25) is 0 Å². The Hall–Kier alpha value is -2.20. The van der Waals surface area contributed by atoms with Gasteiger partial charge >= 0.3 is 12.1 Å². The molecule has 0 aromatic heterocycles. The maximum atomic E-state index is 12.5. The number of carbonyl (C=O) groups is 4. The van der Waals surface area contributed by atoms with Crippen LogP contribution in [-0.2, 0) is 9.59 Å². The molecule has 2 heterocycles. The van der Waals surface area contributed by atoms with Crippen LogP contribution in [-0.4, -0.2) is 78.4 Å². The van der Waals surface area contributed by atoms with Gasteiger partial charge in [-0.1, -0.05) is 0 Å². The van der Waals surface area contributed by atoms with Gasteiger partial charge in [-0.15, -0.1) is 0 Å². The van der Waals surface area contributed by atoms with Crippen LogP contribution in [0.25, 0.3) is 0 Å². The van der Waals surface area contributed by atoms with Gasteiger partial charge in [-0.25, -0.2) is 19.5 Å². The summed E-state index contributed by atoms with van der Waals surface area (Å²) >= 11 is 0. The summed E-state index contributed by atoms with van der Waals surface area (Å²) in [6.45, 7) is 3.98. The van der Waals surface area contributed by atoms with Crippen LogP contribution >= 0.6 is 0 Å². The van der Waals surface area contributed by atoms with Crippen LogP contribution in [0.15, 0.2) is 0 Å². The number of urea groups is 2. The number of aliphatic hydroxyl groups is 2. The maximum absolute atomic E-state index is 12.5. The Morgan fingerprint density at radius 1 is 0.818 bits per heavy atom. The number of nitrogens with zero attached hydrogens (tertiary/aromatic N) is 4. The van der Waals surface area contributed by atoms with Gasteiger partial charge < -0.3 is 10.2 Å². The molecule has 0 bridgehead atoms. The van der Waals surface area contributed by atoms with Crippen LogP contribution < -0.4 is 0 Å². The predicted molar refractivity (Wildman–Crippen MR) is 70.5 cm³/mol. The van der Waals surface area contributed by atoms with E-state index in [0.29, 0.717) is 14.9 Å². The van der Waals surface area contributed by atoms with E-state index in [1.165, 1.54) is 27.7 Å². The average molecular weight is 314 g/mol. The minimum atomic E-state index is -1.52. The van der Waals surface area contributed by atoms with Crippen molar-refractivity contribution in [3.63, 3.8) is 0 Å². The van der Waals surface area contributed by atoms with Crippen molar-refractivity contribution in [2.24, 2.45) is 0 Å². The van der Waals surface area contributed by atoms with Gasteiger partial charge in [0, 0.05) is 0 Å². The van der Waals surface area contributed by atoms with Crippen molar-refractivity contribution in [2.75, 3.05) is 13.5 Å². The topological polar surface area (TPSA) is 122 Å². The summed E-state index contributed by atoms with van der Waals surface area (Å²) in [5.74, 6) is -1.48. The lowest BCUT2D eigenvalue weighted by atomic mass is 10.0. The molecule has 0 radical (unpaired) electrons. The molecule has 2 aliphatic rings. The number of hydrogen-bond donors (Lipinski definition) is 2. The van der Waals surface area contributed by atoms with Gasteiger partial charge in [0.05, 0.1) is 0 Å². The number of hydrogen-bond acceptors (Lipinski definition) is 6. The highest BCUT2D eigenvalue weighted by Gasteiger charge is 2.62. The van der Waals surface area contributed by atoms with Crippen LogP contribution in [0.3, 0.4) is 0 Å². The first kappa shape index (κ1) is 16.2. The lowest BCUT2D eigenvalue weighted by molar-refractivity contribution is -0.146. The molecule has 10 nitrogen and oxygen atoms in total. The van der Waals surface area contributed by atoms with Gasteiger partial charge in [0.1, 0.15) is 24.5 Å². The second kappa shape index (κ2) is 4.65. The summed E-state index contributed by atoms with van der Waals surface area (Å²) in [5.41, 5.74) is -2.88. The number of rotatable bonds is 3. The average Bonchev–Trinajstić information content (AvgIpc) is 2.69. The zero-order valence-corrected chi connectivity index (χ0v) is 12.7. The maximum Gasteiger partial charge on any atom is 0.349 e. The van der Waals surface area contributed by atoms with Gasteiger partial charge in [0.25, 0.3) is 11.8 Å². The zero-order chi connectivity index (χ0) is 17.0. The molecule has 0 spiro atoms. The van der Waals surface area contributed by atoms with E-state index in [2.05, 4.69) is 0 Å². The third-order valence-corrected chi connectivity index (χ3v) is 4.00. The minimum absolute atomic E-state index is 0.537. The predicted octanol–water partition coefficient (Wildman–Crippen LogP) is -1.11. The minimum Gasteiger partial charge on any atom is -0.376 e. The molecule has 22 heavy (non-hydrogen) atoms. The molecule has 0 unspecified atom stereocenters. The highest BCUT2D eigenvalue weighted by molar-refractivity contribution is 6.12. The summed E-state index contributed by atoms with van der Waals surface area (Å²) in [5, 5.41) is 19.7. The quantitative estimate of drug-likeness (QED) is 0.637. The first-order valence-corrected chi connectivity index (χ1v) is 6.57. The Morgan fingerprint density at radius 3 is 1.73 bits per heavy atom. The Balaban J connectivity index is 2.52. The van der Waals surface area contributed by atoms with E-state index in [4.69, 9.17) is 5.11 Å². The molecule has 0 atom stereocenters. The van der Waals surface area contributed by atoms with Gasteiger partial charge in [0.15, 0.2) is 0 Å². The molecule has 6 amide bonds. The lowest BCUT2D eigenvalue weighted by Crippen LogP contribution is -2.57. The van der Waals surface area contributed by atoms with E-state index in [0.717, 1.165) is 4.90 Å². The summed E-state index contributed by atoms with van der Waals surface area (Å²) in [7, 11) is 0. The van der Waals surface area contributed by atoms with E-state index < -0.39 is 48.4 Å². The van der Waals surface area contributed by atoms with Gasteiger partial charge in [-0.05, 0) is 27.7 Å². The van der Waals surface area contributed by atoms with Crippen molar-refractivity contribution in [3.8, 4) is 0 Å². The second-order valence-corrected chi connectivity index (χ2v) is 6.06. The fourth-order valence-electron chi connectivity index (χ4n) is 2.55. The normalized spacial score (nSPS) is 24.1. The van der Waals surface area contributed by atoms with Crippen molar-refractivity contribution in [1.82, 2.24) is 19.8 Å². The number of amides is 6. The molecule has 0 aromatic rings. The number of imide groups is 2. The molecular formula is C12H18N4O6. The Labute approximate surface area is 126 Å². The van der Waals surface area contributed by atoms with Crippen molar-refractivity contribution >= 4 is 23.9 Å². The lowest BCUT2D eigenvalue weighted by Gasteiger charge is -2.33. The molecule has 2 saturated heterocycles. The molecule has 122 valence electrons. The van der Waals surface area contributed by atoms with Crippen LogP contribution in [0, 0.1) is 0 Å². The van der Waals surface area contributed by atoms with E-state index in [1.807, 2.05) is 0 Å². The van der Waals surface area contributed by atoms with E-state index in [9.17, 15) is 24.3 Å². The van der Waals surface area contributed by atoms with Crippen molar-refractivity contribution in [2.45, 2.75) is 38.8 Å². The van der Waals surface area contributed by atoms with Crippen molar-refractivity contribution in [1.29, 1.82) is 0 Å². The van der Waals surface area contributed by atoms with E-state index in [-0.39, 0.29) is 0 Å². The number of aliphatic hydroxyl groups excluding tert-OH is 2. The second-order valence-electron chi connectivity index (χ2n) is 6.06. The fourth-order valence-corrected chi connectivity index (χ4v) is 2.55. The Bertz CT molecular complexity index is 572. The van der Waals surface area contributed by atoms with Crippen LogP contribution in [0.4, 0.5) is 9.59 Å². The molecule has 0 aromatic carbocycles. The smallest absolute Gasteiger partial charge is 0.349 e. The summed E-state index contributed by atoms with van der Waals surface area (Å²) < 4.78 is 0. The molecule has 10 heteroatoms. The summed E-state index contributed by atoms with van der Waals surface area (Å²) in [6.07, 6.45) is 0. The first-order valence-electron chi connectivity index (χ1n) is 6.57. The van der Waals surface area contributed by atoms with E-state index >= 15 is 0 Å². The summed E-state index contributed by atoms with van der Waals surface area (Å²) in [6, 6.07) is -1.89. The van der Waals surface area contributed by atoms with Crippen molar-refractivity contribution in [3.05, 3.63) is 0 Å². The molecule has 2 N–H and O–H groups in total. The highest BCUT2D eigenvalue weighted by Crippen LogP contribution is 2.35. The zero-order valence-electron chi connectivity index (χ0n) is 12.7. The van der Waals surface area contributed by atoms with Crippen molar-refractivity contribution < 1.29 is 29.4 Å². The molecule has 2 rings (SSSR count). The first-order chi connectivity index (χ1) is 10.0. The monoisotopic (exact) mass is 314 g/mol. The van der Waals surface area contributed by atoms with Crippen LogP contribution in [0.2, 0.25) is 0 Å². The van der Waals surface area contributed by atoms with E-state index in [1.54, 1.807) is 0 Å². The standard InChI is InChI=1S/C12H18N4O6/c1-11(2)8(20)15(10(22)14(11)6-18)16-9(21)13(5-17)7(19)12(16,3)4/h17-18H,5-6H2,1-4H3. The van der Waals surface area contributed by atoms with Crippen LogP contribution in [0.1, 0.15) is 27.7 Å². The van der Waals surface area contributed by atoms with Gasteiger partial charge in [-0.3, -0.25) is 14.5 Å². The molecular weight excluding hydrogens is 296 g/mol.